The van der Waals surface area contributed by atoms with Gasteiger partial charge in [0.1, 0.15) is 12.6 Å². The Morgan fingerprint density at radius 1 is 0.625 bits per heavy atom. The Bertz CT molecular complexity index is 121. The maximum absolute atomic E-state index is 9.68. The molecule has 0 heterocycles. The zero-order valence-electron chi connectivity index (χ0n) is 9.94. The Hall–Kier alpha value is -0.740. The first-order chi connectivity index (χ1) is 7.83. The van der Waals surface area contributed by atoms with E-state index in [0.717, 1.165) is 51.1 Å². The topological polar surface area (TPSA) is 74.6 Å². The number of hydrogen-bond acceptors (Lipinski definition) is 4. The summed E-state index contributed by atoms with van der Waals surface area (Å²) in [5.74, 6) is 0. The van der Waals surface area contributed by atoms with Crippen molar-refractivity contribution in [2.45, 2.75) is 51.4 Å². The van der Waals surface area contributed by atoms with Crippen LogP contribution in [0.25, 0.3) is 0 Å². The van der Waals surface area contributed by atoms with Crippen molar-refractivity contribution in [1.29, 1.82) is 0 Å². The predicted molar refractivity (Wildman–Crippen MR) is 63.2 cm³/mol. The number of aliphatic hydroxyl groups is 2. The smallest absolute Gasteiger partial charge is 0.119 e. The Morgan fingerprint density at radius 3 is 1.25 bits per heavy atom. The van der Waals surface area contributed by atoms with Crippen LogP contribution in [0.5, 0.6) is 0 Å². The quantitative estimate of drug-likeness (QED) is 0.442. The van der Waals surface area contributed by atoms with Crippen molar-refractivity contribution in [2.24, 2.45) is 0 Å². The number of carbonyl (C=O) groups excluding carboxylic acids is 2. The second kappa shape index (κ2) is 19.8. The zero-order valence-corrected chi connectivity index (χ0v) is 9.94. The van der Waals surface area contributed by atoms with Crippen molar-refractivity contribution in [3.8, 4) is 0 Å². The minimum atomic E-state index is 0.283. The summed E-state index contributed by atoms with van der Waals surface area (Å²) in [6.07, 6.45) is 8.47. The Labute approximate surface area is 97.7 Å². The molecule has 0 unspecified atom stereocenters. The number of carbonyl (C=O) groups is 2. The van der Waals surface area contributed by atoms with Gasteiger partial charge in [0.2, 0.25) is 0 Å². The highest BCUT2D eigenvalue weighted by Gasteiger charge is 1.85. The van der Waals surface area contributed by atoms with Crippen LogP contribution >= 0.6 is 0 Å². The van der Waals surface area contributed by atoms with E-state index >= 15 is 0 Å². The van der Waals surface area contributed by atoms with Gasteiger partial charge in [0.05, 0.1) is 0 Å². The molecule has 0 amide bonds. The lowest BCUT2D eigenvalue weighted by atomic mass is 10.2. The van der Waals surface area contributed by atoms with Crippen molar-refractivity contribution in [3.05, 3.63) is 0 Å². The molecule has 0 saturated heterocycles. The van der Waals surface area contributed by atoms with Crippen molar-refractivity contribution in [3.63, 3.8) is 0 Å². The van der Waals surface area contributed by atoms with Crippen molar-refractivity contribution in [2.75, 3.05) is 13.2 Å². The van der Waals surface area contributed by atoms with Gasteiger partial charge in [-0.25, -0.2) is 0 Å². The predicted octanol–water partition coefficient (Wildman–Crippen LogP) is 1.48. The summed E-state index contributed by atoms with van der Waals surface area (Å²) in [5, 5.41) is 16.6. The summed E-state index contributed by atoms with van der Waals surface area (Å²) in [6, 6.07) is 0. The second-order valence-electron chi connectivity index (χ2n) is 3.48. The first kappa shape index (κ1) is 17.6. The lowest BCUT2D eigenvalue weighted by Gasteiger charge is -1.93. The first-order valence-corrected chi connectivity index (χ1v) is 5.92. The third-order valence-electron chi connectivity index (χ3n) is 1.96. The molecule has 4 nitrogen and oxygen atoms in total. The molecule has 0 aromatic heterocycles. The molecule has 0 fully saturated rings. The molecule has 0 saturated carbocycles. The van der Waals surface area contributed by atoms with Gasteiger partial charge in [-0.15, -0.1) is 0 Å². The molecular weight excluding hydrogens is 208 g/mol. The summed E-state index contributed by atoms with van der Waals surface area (Å²) in [6.45, 7) is 0.566. The molecule has 96 valence electrons. The molecule has 0 radical (unpaired) electrons. The molecule has 0 aromatic rings. The highest BCUT2D eigenvalue weighted by atomic mass is 16.3. The maximum Gasteiger partial charge on any atom is 0.119 e. The molecule has 0 bridgehead atoms. The zero-order chi connectivity index (χ0) is 12.5. The van der Waals surface area contributed by atoms with Crippen LogP contribution in [0.15, 0.2) is 0 Å². The normalized spacial score (nSPS) is 9.12. The fraction of sp³-hybridized carbons (Fsp3) is 0.833. The van der Waals surface area contributed by atoms with E-state index in [1.165, 1.54) is 0 Å². The Morgan fingerprint density at radius 2 is 1.00 bits per heavy atom. The fourth-order valence-electron chi connectivity index (χ4n) is 1.03. The minimum absolute atomic E-state index is 0.283. The lowest BCUT2D eigenvalue weighted by molar-refractivity contribution is -0.109. The third kappa shape index (κ3) is 23.2. The van der Waals surface area contributed by atoms with E-state index in [1.807, 2.05) is 0 Å². The molecule has 0 aromatic carbocycles. The second-order valence-corrected chi connectivity index (χ2v) is 3.48. The van der Waals surface area contributed by atoms with Gasteiger partial charge in [0, 0.05) is 26.1 Å². The highest BCUT2D eigenvalue weighted by molar-refractivity contribution is 5.50. The van der Waals surface area contributed by atoms with E-state index in [-0.39, 0.29) is 13.2 Å². The molecule has 16 heavy (non-hydrogen) atoms. The molecule has 4 heteroatoms. The molecule has 0 aliphatic heterocycles. The standard InChI is InChI=1S/C6H14O2.C6H10O2/c2*7-5-3-1-2-4-6-8/h7-8H,1-6H2;5-6H,1-4H2. The van der Waals surface area contributed by atoms with E-state index in [2.05, 4.69) is 0 Å². The van der Waals surface area contributed by atoms with Gasteiger partial charge in [-0.05, 0) is 25.7 Å². The summed E-state index contributed by atoms with van der Waals surface area (Å²) in [5.41, 5.74) is 0. The van der Waals surface area contributed by atoms with Crippen LogP contribution in [0, 0.1) is 0 Å². The van der Waals surface area contributed by atoms with E-state index in [0.29, 0.717) is 12.8 Å². The van der Waals surface area contributed by atoms with Crippen LogP contribution in [-0.2, 0) is 9.59 Å². The van der Waals surface area contributed by atoms with Gasteiger partial charge < -0.3 is 19.8 Å². The van der Waals surface area contributed by atoms with Gasteiger partial charge in [0.15, 0.2) is 0 Å². The van der Waals surface area contributed by atoms with E-state index < -0.39 is 0 Å². The highest BCUT2D eigenvalue weighted by Crippen LogP contribution is 1.96. The van der Waals surface area contributed by atoms with Gasteiger partial charge in [0.25, 0.3) is 0 Å². The summed E-state index contributed by atoms with van der Waals surface area (Å²) in [4.78, 5) is 19.4. The summed E-state index contributed by atoms with van der Waals surface area (Å²) >= 11 is 0. The van der Waals surface area contributed by atoms with Crippen LogP contribution in [0.4, 0.5) is 0 Å². The van der Waals surface area contributed by atoms with Gasteiger partial charge >= 0.3 is 0 Å². The number of rotatable bonds is 10. The average Bonchev–Trinajstić information content (AvgIpc) is 2.31. The third-order valence-corrected chi connectivity index (χ3v) is 1.96. The van der Waals surface area contributed by atoms with Gasteiger partial charge in [-0.3, -0.25) is 0 Å². The Kier molecular flexibility index (Phi) is 21.8. The average molecular weight is 232 g/mol. The van der Waals surface area contributed by atoms with Crippen LogP contribution < -0.4 is 0 Å². The van der Waals surface area contributed by atoms with Crippen molar-refractivity contribution in [1.82, 2.24) is 0 Å². The van der Waals surface area contributed by atoms with Crippen molar-refractivity contribution < 1.29 is 19.8 Å². The number of unbranched alkanes of at least 4 members (excludes halogenated alkanes) is 6. The Balaban J connectivity index is 0. The number of aldehydes is 2. The maximum atomic E-state index is 9.68. The number of aliphatic hydroxyl groups excluding tert-OH is 2. The molecule has 0 aliphatic rings. The largest absolute Gasteiger partial charge is 0.396 e. The minimum Gasteiger partial charge on any atom is -0.396 e. The van der Waals surface area contributed by atoms with Crippen molar-refractivity contribution >= 4 is 12.6 Å². The van der Waals surface area contributed by atoms with Crippen LogP contribution in [0.2, 0.25) is 0 Å². The van der Waals surface area contributed by atoms with Gasteiger partial charge in [-0.1, -0.05) is 12.8 Å². The van der Waals surface area contributed by atoms with Crippen LogP contribution in [0.1, 0.15) is 51.4 Å². The monoisotopic (exact) mass is 232 g/mol. The van der Waals surface area contributed by atoms with E-state index in [9.17, 15) is 9.59 Å². The molecule has 0 aliphatic carbocycles. The van der Waals surface area contributed by atoms with Crippen LogP contribution in [0.3, 0.4) is 0 Å². The van der Waals surface area contributed by atoms with Gasteiger partial charge in [-0.2, -0.15) is 0 Å². The molecule has 0 spiro atoms. The molecule has 0 atom stereocenters. The van der Waals surface area contributed by atoms with E-state index in [1.54, 1.807) is 0 Å². The molecular formula is C12H24O4. The number of hydrogen-bond donors (Lipinski definition) is 2. The fourth-order valence-corrected chi connectivity index (χ4v) is 1.03. The van der Waals surface area contributed by atoms with E-state index in [4.69, 9.17) is 10.2 Å². The molecule has 2 N–H and O–H groups in total. The SMILES string of the molecule is O=CCCCCC=O.OCCCCCCO. The first-order valence-electron chi connectivity index (χ1n) is 5.92. The van der Waals surface area contributed by atoms with Crippen LogP contribution in [-0.4, -0.2) is 36.0 Å². The summed E-state index contributed by atoms with van der Waals surface area (Å²) in [7, 11) is 0. The molecule has 0 rings (SSSR count). The summed E-state index contributed by atoms with van der Waals surface area (Å²) < 4.78 is 0. The lowest BCUT2D eigenvalue weighted by Crippen LogP contribution is -1.85.